The SMILES string of the molecule is C=CCN(CCC[Si](OC)(OC)OC)CCC[Si](OC)(OC)OC.C=CCN(CCC[Si](OCC)(OCC)OCC)CCC[Si](OCC)(OCC)OCC. The zero-order valence-corrected chi connectivity index (χ0v) is 40.5. The zero-order chi connectivity index (χ0) is 41.2. The van der Waals surface area contributed by atoms with Crippen LogP contribution >= 0.6 is 0 Å². The minimum Gasteiger partial charge on any atom is -0.377 e. The number of nitrogens with zero attached hydrogens (tertiary/aromatic N) is 2. The lowest BCUT2D eigenvalue weighted by Gasteiger charge is -2.30. The monoisotopic (exact) mass is 846 g/mol. The molecule has 0 aromatic rings. The fraction of sp³-hybridized carbons (Fsp3) is 0.889. The average Bonchev–Trinajstić information content (AvgIpc) is 3.16. The smallest absolute Gasteiger partial charge is 0.377 e. The van der Waals surface area contributed by atoms with Crippen molar-refractivity contribution in [3.63, 3.8) is 0 Å². The van der Waals surface area contributed by atoms with Crippen molar-refractivity contribution >= 4 is 35.2 Å². The van der Waals surface area contributed by atoms with Crippen molar-refractivity contribution in [2.24, 2.45) is 0 Å². The third kappa shape index (κ3) is 23.3. The standard InChI is InChI=1S/C21H47NO6Si2.C15H35NO6Si2/c1-8-17-22(18-15-20-29(23-9-2,24-10-3)25-11-4)19-16-21-30(26-12-5,27-13-6)28-14-7;1-8-11-16(12-9-14-23(17-2,18-3)19-4)13-10-15-24(20-5,21-6)22-7/h8H,1,9-21H2,2-7H3;8H,1,9-15H2,2-7H3. The predicted molar refractivity (Wildman–Crippen MR) is 226 cm³/mol. The van der Waals surface area contributed by atoms with E-state index in [0.29, 0.717) is 39.6 Å². The van der Waals surface area contributed by atoms with Gasteiger partial charge in [0.2, 0.25) is 0 Å². The van der Waals surface area contributed by atoms with E-state index in [4.69, 9.17) is 53.1 Å². The normalized spacial score (nSPS) is 12.7. The maximum Gasteiger partial charge on any atom is 0.500 e. The summed E-state index contributed by atoms with van der Waals surface area (Å²) in [6.45, 7) is 28.8. The van der Waals surface area contributed by atoms with Crippen LogP contribution in [0.15, 0.2) is 25.3 Å². The lowest BCUT2D eigenvalue weighted by molar-refractivity contribution is 0.0695. The molecule has 0 aliphatic carbocycles. The molecule has 0 heterocycles. The Morgan fingerprint density at radius 1 is 0.370 bits per heavy atom. The Labute approximate surface area is 335 Å². The lowest BCUT2D eigenvalue weighted by Crippen LogP contribution is -2.47. The first-order valence-corrected chi connectivity index (χ1v) is 27.5. The molecule has 0 N–H and O–H groups in total. The Balaban J connectivity index is 0. The zero-order valence-electron chi connectivity index (χ0n) is 36.5. The topological polar surface area (TPSA) is 117 Å². The molecule has 0 amide bonds. The molecule has 324 valence electrons. The molecule has 0 saturated heterocycles. The van der Waals surface area contributed by atoms with Crippen LogP contribution in [0.1, 0.15) is 67.2 Å². The van der Waals surface area contributed by atoms with Gasteiger partial charge in [0.25, 0.3) is 0 Å². The fourth-order valence-corrected chi connectivity index (χ4v) is 14.7. The van der Waals surface area contributed by atoms with Crippen molar-refractivity contribution in [3.8, 4) is 0 Å². The van der Waals surface area contributed by atoms with Gasteiger partial charge in [-0.05, 0) is 93.4 Å². The quantitative estimate of drug-likeness (QED) is 0.0507. The van der Waals surface area contributed by atoms with Crippen LogP contribution < -0.4 is 0 Å². The summed E-state index contributed by atoms with van der Waals surface area (Å²) in [5.74, 6) is 0. The van der Waals surface area contributed by atoms with E-state index in [1.54, 1.807) is 42.7 Å². The van der Waals surface area contributed by atoms with E-state index in [-0.39, 0.29) is 0 Å². The molecule has 0 unspecified atom stereocenters. The van der Waals surface area contributed by atoms with Crippen LogP contribution in [0.2, 0.25) is 24.2 Å². The molecule has 0 saturated carbocycles. The Hall–Kier alpha value is -0.212. The third-order valence-electron chi connectivity index (χ3n) is 8.66. The minimum absolute atomic E-state index is 0.613. The second kappa shape index (κ2) is 34.8. The van der Waals surface area contributed by atoms with Gasteiger partial charge < -0.3 is 53.1 Å². The maximum atomic E-state index is 5.97. The van der Waals surface area contributed by atoms with Crippen molar-refractivity contribution in [1.29, 1.82) is 0 Å². The van der Waals surface area contributed by atoms with Gasteiger partial charge in [-0.3, -0.25) is 9.80 Å². The van der Waals surface area contributed by atoms with E-state index in [1.807, 2.05) is 53.7 Å². The summed E-state index contributed by atoms with van der Waals surface area (Å²) in [7, 11) is -0.287. The van der Waals surface area contributed by atoms with Gasteiger partial charge in [0.1, 0.15) is 0 Å². The number of hydrogen-bond donors (Lipinski definition) is 0. The minimum atomic E-state index is -2.58. The first-order valence-electron chi connectivity index (χ1n) is 19.8. The molecular weight excluding hydrogens is 765 g/mol. The van der Waals surface area contributed by atoms with Crippen LogP contribution in [-0.2, 0) is 53.1 Å². The third-order valence-corrected chi connectivity index (χ3v) is 20.6. The van der Waals surface area contributed by atoms with E-state index in [0.717, 1.165) is 89.1 Å². The molecule has 0 atom stereocenters. The van der Waals surface area contributed by atoms with E-state index in [2.05, 4.69) is 23.0 Å². The molecule has 0 bridgehead atoms. The first kappa shape index (κ1) is 55.9. The maximum absolute atomic E-state index is 5.97. The second-order valence-corrected chi connectivity index (χ2v) is 23.8. The summed E-state index contributed by atoms with van der Waals surface area (Å²) in [5, 5.41) is 0. The molecule has 0 rings (SSSR count). The lowest BCUT2D eigenvalue weighted by atomic mass is 10.3. The molecule has 0 radical (unpaired) electrons. The highest BCUT2D eigenvalue weighted by Crippen LogP contribution is 2.21. The molecular formula is C36H82N2O12Si4. The summed E-state index contributed by atoms with van der Waals surface area (Å²) in [4.78, 5) is 4.74. The van der Waals surface area contributed by atoms with Gasteiger partial charge in [-0.15, -0.1) is 13.2 Å². The number of rotatable bonds is 38. The highest BCUT2D eigenvalue weighted by atomic mass is 28.4. The van der Waals surface area contributed by atoms with Gasteiger partial charge in [-0.1, -0.05) is 12.2 Å². The van der Waals surface area contributed by atoms with Crippen LogP contribution in [0.4, 0.5) is 0 Å². The molecule has 0 aromatic carbocycles. The number of hydrogen-bond acceptors (Lipinski definition) is 14. The second-order valence-electron chi connectivity index (χ2n) is 12.1. The van der Waals surface area contributed by atoms with Crippen molar-refractivity contribution < 1.29 is 53.1 Å². The highest BCUT2D eigenvalue weighted by Gasteiger charge is 2.41. The Morgan fingerprint density at radius 3 is 0.741 bits per heavy atom. The summed E-state index contributed by atoms with van der Waals surface area (Å²) in [6, 6.07) is 3.23. The molecule has 14 nitrogen and oxygen atoms in total. The molecule has 0 aliphatic rings. The van der Waals surface area contributed by atoms with Crippen LogP contribution in [0.3, 0.4) is 0 Å². The van der Waals surface area contributed by atoms with E-state index in [1.165, 1.54) is 0 Å². The summed E-state index contributed by atoms with van der Waals surface area (Å²) in [5.41, 5.74) is 0. The van der Waals surface area contributed by atoms with Gasteiger partial charge in [0, 0.05) is 120 Å². The summed E-state index contributed by atoms with van der Waals surface area (Å²) < 4.78 is 68.6. The van der Waals surface area contributed by atoms with Gasteiger partial charge in [-0.2, -0.15) is 0 Å². The van der Waals surface area contributed by atoms with Crippen molar-refractivity contribution in [3.05, 3.63) is 25.3 Å². The Bertz CT molecular complexity index is 771. The van der Waals surface area contributed by atoms with Gasteiger partial charge in [-0.25, -0.2) is 0 Å². The van der Waals surface area contributed by atoms with Crippen molar-refractivity contribution in [1.82, 2.24) is 9.80 Å². The average molecular weight is 847 g/mol. The van der Waals surface area contributed by atoms with E-state index in [9.17, 15) is 0 Å². The van der Waals surface area contributed by atoms with Gasteiger partial charge >= 0.3 is 35.2 Å². The largest absolute Gasteiger partial charge is 0.500 e. The van der Waals surface area contributed by atoms with Crippen LogP contribution in [0.5, 0.6) is 0 Å². The van der Waals surface area contributed by atoms with Crippen molar-refractivity contribution in [2.45, 2.75) is 91.4 Å². The van der Waals surface area contributed by atoms with E-state index >= 15 is 0 Å². The molecule has 54 heavy (non-hydrogen) atoms. The van der Waals surface area contributed by atoms with Gasteiger partial charge in [0.15, 0.2) is 0 Å². The summed E-state index contributed by atoms with van der Waals surface area (Å²) in [6.07, 6.45) is 7.68. The van der Waals surface area contributed by atoms with E-state index < -0.39 is 35.2 Å². The Kier molecular flexibility index (Phi) is 36.0. The fourth-order valence-electron chi connectivity index (χ4n) is 6.15. The summed E-state index contributed by atoms with van der Waals surface area (Å²) >= 11 is 0. The van der Waals surface area contributed by atoms with Gasteiger partial charge in [0.05, 0.1) is 0 Å². The van der Waals surface area contributed by atoms with Crippen LogP contribution in [-0.4, -0.2) is 167 Å². The molecule has 0 aromatic heterocycles. The first-order chi connectivity index (χ1) is 26.0. The molecule has 0 spiro atoms. The van der Waals surface area contributed by atoms with Crippen LogP contribution in [0.25, 0.3) is 0 Å². The predicted octanol–water partition coefficient (Wildman–Crippen LogP) is 6.36. The highest BCUT2D eigenvalue weighted by molar-refractivity contribution is 6.61. The van der Waals surface area contributed by atoms with Crippen LogP contribution in [0, 0.1) is 0 Å². The molecule has 0 aliphatic heterocycles. The molecule has 18 heteroatoms. The van der Waals surface area contributed by atoms with Crippen molar-refractivity contribution in [2.75, 3.05) is 122 Å². The Morgan fingerprint density at radius 2 is 0.574 bits per heavy atom. The molecule has 0 fully saturated rings.